The summed E-state index contributed by atoms with van der Waals surface area (Å²) in [7, 11) is 2.91. The first-order chi connectivity index (χ1) is 10.5. The fourth-order valence-corrected chi connectivity index (χ4v) is 2.11. The smallest absolute Gasteiger partial charge is 0.336 e. The molecule has 0 saturated heterocycles. The molecule has 0 aliphatic heterocycles. The molecule has 0 atom stereocenters. The largest absolute Gasteiger partial charge is 0.492 e. The lowest BCUT2D eigenvalue weighted by molar-refractivity contribution is -0.135. The van der Waals surface area contributed by atoms with Gasteiger partial charge in [-0.25, -0.2) is 4.79 Å². The summed E-state index contributed by atoms with van der Waals surface area (Å²) in [5, 5.41) is 0.558. The molecule has 0 amide bonds. The van der Waals surface area contributed by atoms with E-state index < -0.39 is 11.6 Å². The summed E-state index contributed by atoms with van der Waals surface area (Å²) in [6.07, 6.45) is 0.266. The SMILES string of the molecule is COc1c(OC(=O)CC(C)C)cc2oc(=O)ccc2c1OC. The number of fused-ring (bicyclic) bond motifs is 1. The fourth-order valence-electron chi connectivity index (χ4n) is 2.11. The molecule has 1 aromatic carbocycles. The van der Waals surface area contributed by atoms with Crippen LogP contribution >= 0.6 is 0 Å². The van der Waals surface area contributed by atoms with Crippen molar-refractivity contribution in [1.82, 2.24) is 0 Å². The molecule has 0 spiro atoms. The Kier molecular flexibility index (Phi) is 4.70. The van der Waals surface area contributed by atoms with Gasteiger partial charge in [0.05, 0.1) is 19.6 Å². The van der Waals surface area contributed by atoms with E-state index >= 15 is 0 Å². The molecule has 0 bridgehead atoms. The van der Waals surface area contributed by atoms with E-state index in [1.54, 1.807) is 6.07 Å². The van der Waals surface area contributed by atoms with Gasteiger partial charge >= 0.3 is 11.6 Å². The minimum atomic E-state index is -0.501. The molecule has 118 valence electrons. The van der Waals surface area contributed by atoms with Crippen LogP contribution in [0.1, 0.15) is 20.3 Å². The Balaban J connectivity index is 2.57. The maximum Gasteiger partial charge on any atom is 0.336 e. The van der Waals surface area contributed by atoms with E-state index in [1.807, 2.05) is 13.8 Å². The van der Waals surface area contributed by atoms with Crippen LogP contribution < -0.4 is 19.8 Å². The third-order valence-corrected chi connectivity index (χ3v) is 3.01. The van der Waals surface area contributed by atoms with Crippen LogP contribution in [-0.2, 0) is 4.79 Å². The van der Waals surface area contributed by atoms with Crippen LogP contribution in [0.3, 0.4) is 0 Å². The van der Waals surface area contributed by atoms with Crippen molar-refractivity contribution < 1.29 is 23.4 Å². The molecule has 0 N–H and O–H groups in total. The molecular formula is C16H18O6. The van der Waals surface area contributed by atoms with Gasteiger partial charge in [0.25, 0.3) is 0 Å². The number of rotatable bonds is 5. The van der Waals surface area contributed by atoms with Gasteiger partial charge in [0.15, 0.2) is 11.5 Å². The Morgan fingerprint density at radius 2 is 1.86 bits per heavy atom. The van der Waals surface area contributed by atoms with E-state index in [1.165, 1.54) is 26.4 Å². The van der Waals surface area contributed by atoms with Crippen molar-refractivity contribution in [2.45, 2.75) is 20.3 Å². The van der Waals surface area contributed by atoms with Crippen LogP contribution in [0.5, 0.6) is 17.2 Å². The molecule has 1 heterocycles. The fraction of sp³-hybridized carbons (Fsp3) is 0.375. The van der Waals surface area contributed by atoms with E-state index in [-0.39, 0.29) is 29.4 Å². The zero-order valence-corrected chi connectivity index (χ0v) is 13.0. The summed E-state index contributed by atoms with van der Waals surface area (Å²) in [5.41, 5.74) is -0.239. The van der Waals surface area contributed by atoms with E-state index in [2.05, 4.69) is 0 Å². The number of ether oxygens (including phenoxy) is 3. The molecule has 0 unspecified atom stereocenters. The minimum absolute atomic E-state index is 0.159. The van der Waals surface area contributed by atoms with Gasteiger partial charge in [0.2, 0.25) is 5.75 Å². The summed E-state index contributed by atoms with van der Waals surface area (Å²) in [6.45, 7) is 3.83. The highest BCUT2D eigenvalue weighted by molar-refractivity contribution is 5.90. The number of methoxy groups -OCH3 is 2. The summed E-state index contributed by atoms with van der Waals surface area (Å²) in [6, 6.07) is 4.31. The van der Waals surface area contributed by atoms with Crippen molar-refractivity contribution in [2.24, 2.45) is 5.92 Å². The maximum atomic E-state index is 11.9. The summed E-state index contributed by atoms with van der Waals surface area (Å²) in [5.74, 6) is 0.552. The maximum absolute atomic E-state index is 11.9. The molecule has 0 fully saturated rings. The van der Waals surface area contributed by atoms with Crippen LogP contribution in [-0.4, -0.2) is 20.2 Å². The van der Waals surface area contributed by atoms with Crippen molar-refractivity contribution in [1.29, 1.82) is 0 Å². The van der Waals surface area contributed by atoms with Crippen LogP contribution in [0, 0.1) is 5.92 Å². The Morgan fingerprint density at radius 3 is 2.45 bits per heavy atom. The van der Waals surface area contributed by atoms with Crippen LogP contribution in [0.2, 0.25) is 0 Å². The average molecular weight is 306 g/mol. The highest BCUT2D eigenvalue weighted by Gasteiger charge is 2.20. The first-order valence-electron chi connectivity index (χ1n) is 6.85. The second-order valence-electron chi connectivity index (χ2n) is 5.18. The zero-order valence-electron chi connectivity index (χ0n) is 13.0. The van der Waals surface area contributed by atoms with Crippen molar-refractivity contribution >= 4 is 16.9 Å². The summed E-state index contributed by atoms with van der Waals surface area (Å²) in [4.78, 5) is 23.3. The number of hydrogen-bond donors (Lipinski definition) is 0. The van der Waals surface area contributed by atoms with Gasteiger partial charge in [-0.3, -0.25) is 4.79 Å². The second kappa shape index (κ2) is 6.51. The summed E-state index contributed by atoms with van der Waals surface area (Å²) >= 11 is 0. The van der Waals surface area contributed by atoms with Gasteiger partial charge in [-0.15, -0.1) is 0 Å². The van der Waals surface area contributed by atoms with Crippen molar-refractivity contribution in [2.75, 3.05) is 14.2 Å². The molecule has 6 heteroatoms. The van der Waals surface area contributed by atoms with Gasteiger partial charge in [-0.1, -0.05) is 13.8 Å². The number of benzene rings is 1. The van der Waals surface area contributed by atoms with Gasteiger partial charge in [-0.05, 0) is 12.0 Å². The topological polar surface area (TPSA) is 75.0 Å². The Hall–Kier alpha value is -2.50. The van der Waals surface area contributed by atoms with Gasteiger partial charge in [0, 0.05) is 18.6 Å². The van der Waals surface area contributed by atoms with E-state index in [9.17, 15) is 9.59 Å². The first-order valence-corrected chi connectivity index (χ1v) is 6.85. The highest BCUT2D eigenvalue weighted by atomic mass is 16.6. The van der Waals surface area contributed by atoms with Crippen molar-refractivity contribution in [3.8, 4) is 17.2 Å². The van der Waals surface area contributed by atoms with Crippen LogP contribution in [0.4, 0.5) is 0 Å². The molecule has 0 aliphatic rings. The van der Waals surface area contributed by atoms with E-state index in [0.717, 1.165) is 0 Å². The Morgan fingerprint density at radius 1 is 1.18 bits per heavy atom. The van der Waals surface area contributed by atoms with E-state index in [0.29, 0.717) is 11.1 Å². The number of esters is 1. The lowest BCUT2D eigenvalue weighted by atomic mass is 10.1. The zero-order chi connectivity index (χ0) is 16.3. The number of carbonyl (C=O) groups excluding carboxylic acids is 1. The molecular weight excluding hydrogens is 288 g/mol. The minimum Gasteiger partial charge on any atom is -0.492 e. The molecule has 2 rings (SSSR count). The lowest BCUT2D eigenvalue weighted by Crippen LogP contribution is -2.12. The van der Waals surface area contributed by atoms with Crippen molar-refractivity contribution in [3.05, 3.63) is 28.6 Å². The monoisotopic (exact) mass is 306 g/mol. The predicted molar refractivity (Wildman–Crippen MR) is 80.7 cm³/mol. The quantitative estimate of drug-likeness (QED) is 0.480. The molecule has 1 aromatic heterocycles. The van der Waals surface area contributed by atoms with Crippen molar-refractivity contribution in [3.63, 3.8) is 0 Å². The number of carbonyl (C=O) groups is 1. The van der Waals surface area contributed by atoms with E-state index in [4.69, 9.17) is 18.6 Å². The Labute approximate surface area is 127 Å². The lowest BCUT2D eigenvalue weighted by Gasteiger charge is -2.15. The standard InChI is InChI=1S/C16H18O6/c1-9(2)7-14(18)22-12-8-11-10(5-6-13(17)21-11)15(19-3)16(12)20-4/h5-6,8-9H,7H2,1-4H3. The highest BCUT2D eigenvalue weighted by Crippen LogP contribution is 2.43. The molecule has 0 radical (unpaired) electrons. The molecule has 6 nitrogen and oxygen atoms in total. The van der Waals surface area contributed by atoms with Gasteiger partial charge in [-0.2, -0.15) is 0 Å². The normalized spacial score (nSPS) is 10.8. The van der Waals surface area contributed by atoms with Crippen LogP contribution in [0.25, 0.3) is 11.0 Å². The third-order valence-electron chi connectivity index (χ3n) is 3.01. The summed E-state index contributed by atoms with van der Waals surface area (Å²) < 4.78 is 21.1. The Bertz CT molecular complexity index is 744. The molecule has 0 aliphatic carbocycles. The van der Waals surface area contributed by atoms with Crippen LogP contribution in [0.15, 0.2) is 27.4 Å². The van der Waals surface area contributed by atoms with Gasteiger partial charge in [0.1, 0.15) is 5.58 Å². The third kappa shape index (κ3) is 3.21. The van der Waals surface area contributed by atoms with Gasteiger partial charge < -0.3 is 18.6 Å². The molecule has 22 heavy (non-hydrogen) atoms. The number of hydrogen-bond acceptors (Lipinski definition) is 6. The average Bonchev–Trinajstić information content (AvgIpc) is 2.44. The first kappa shape index (κ1) is 15.9. The molecule has 2 aromatic rings. The second-order valence-corrected chi connectivity index (χ2v) is 5.18. The predicted octanol–water partition coefficient (Wildman–Crippen LogP) is 2.76. The molecule has 0 saturated carbocycles.